The van der Waals surface area contributed by atoms with Gasteiger partial charge in [-0.15, -0.1) is 0 Å². The van der Waals surface area contributed by atoms with E-state index in [0.29, 0.717) is 30.9 Å². The quantitative estimate of drug-likeness (QED) is 0.466. The van der Waals surface area contributed by atoms with Crippen molar-refractivity contribution in [3.8, 4) is 0 Å². The lowest BCUT2D eigenvalue weighted by Crippen LogP contribution is -2.53. The topological polar surface area (TPSA) is 93.7 Å². The summed E-state index contributed by atoms with van der Waals surface area (Å²) in [6, 6.07) is 0. The molecule has 0 aromatic carbocycles. The van der Waals surface area contributed by atoms with Crippen LogP contribution in [0.3, 0.4) is 0 Å². The van der Waals surface area contributed by atoms with Crippen molar-refractivity contribution in [2.75, 3.05) is 26.8 Å². The third-order valence-corrected chi connectivity index (χ3v) is 6.42. The Morgan fingerprint density at radius 3 is 2.15 bits per heavy atom. The highest BCUT2D eigenvalue weighted by Crippen LogP contribution is 2.60. The summed E-state index contributed by atoms with van der Waals surface area (Å²) in [7, 11) is 1.55. The zero-order valence-corrected chi connectivity index (χ0v) is 16.4. The number of hydrogen-bond acceptors (Lipinski definition) is 5. The molecule has 2 N–H and O–H groups in total. The minimum atomic E-state index is -0.854. The predicted molar refractivity (Wildman–Crippen MR) is 98.7 cm³/mol. The van der Waals surface area contributed by atoms with Gasteiger partial charge < -0.3 is 20.1 Å². The van der Waals surface area contributed by atoms with Gasteiger partial charge in [-0.3, -0.25) is 14.4 Å². The lowest BCUT2D eigenvalue weighted by Gasteiger charge is -2.55. The molecule has 4 bridgehead atoms. The van der Waals surface area contributed by atoms with Crippen LogP contribution in [0.4, 0.5) is 0 Å². The molecule has 0 aromatic rings. The Labute approximate surface area is 160 Å². The summed E-state index contributed by atoms with van der Waals surface area (Å²) in [5, 5.41) is 5.58. The molecule has 4 fully saturated rings. The third-order valence-electron chi connectivity index (χ3n) is 6.42. The van der Waals surface area contributed by atoms with Crippen molar-refractivity contribution in [1.29, 1.82) is 0 Å². The van der Waals surface area contributed by atoms with Crippen molar-refractivity contribution in [3.63, 3.8) is 0 Å². The Morgan fingerprint density at radius 1 is 1.00 bits per heavy atom. The number of carbonyl (C=O) groups excluding carboxylic acids is 3. The number of hydrogen-bond donors (Lipinski definition) is 2. The monoisotopic (exact) mass is 380 g/mol. The van der Waals surface area contributed by atoms with E-state index in [2.05, 4.69) is 10.6 Å². The van der Waals surface area contributed by atoms with Crippen LogP contribution in [0.2, 0.25) is 0 Å². The second-order valence-electron chi connectivity index (χ2n) is 8.62. The molecule has 4 saturated carbocycles. The lowest BCUT2D eigenvalue weighted by atomic mass is 9.49. The molecule has 4 aliphatic carbocycles. The second-order valence-corrected chi connectivity index (χ2v) is 8.62. The zero-order valence-electron chi connectivity index (χ0n) is 16.4. The number of esters is 1. The molecule has 152 valence electrons. The van der Waals surface area contributed by atoms with Crippen LogP contribution in [0.15, 0.2) is 0 Å². The average molecular weight is 380 g/mol. The molecule has 4 rings (SSSR count). The normalized spacial score (nSPS) is 32.0. The fourth-order valence-electron chi connectivity index (χ4n) is 5.58. The molecule has 1 atom stereocenters. The number of amides is 2. The molecule has 0 aromatic heterocycles. The average Bonchev–Trinajstić information content (AvgIpc) is 2.60. The van der Waals surface area contributed by atoms with E-state index in [9.17, 15) is 14.4 Å². The molecule has 0 heterocycles. The van der Waals surface area contributed by atoms with Crippen molar-refractivity contribution in [1.82, 2.24) is 10.6 Å². The molecule has 7 nitrogen and oxygen atoms in total. The highest BCUT2D eigenvalue weighted by atomic mass is 16.5. The first kappa shape index (κ1) is 20.1. The molecule has 0 unspecified atom stereocenters. The summed E-state index contributed by atoms with van der Waals surface area (Å²) in [6.45, 7) is 2.58. The largest absolute Gasteiger partial charge is 0.452 e. The molecule has 0 saturated heterocycles. The van der Waals surface area contributed by atoms with Crippen molar-refractivity contribution in [2.45, 2.75) is 58.0 Å². The summed E-state index contributed by atoms with van der Waals surface area (Å²) < 4.78 is 9.98. The van der Waals surface area contributed by atoms with Crippen LogP contribution in [0.1, 0.15) is 51.9 Å². The van der Waals surface area contributed by atoms with Crippen LogP contribution in [0.5, 0.6) is 0 Å². The zero-order chi connectivity index (χ0) is 19.4. The first-order valence-electron chi connectivity index (χ1n) is 10.2. The number of ether oxygens (including phenoxy) is 2. The van der Waals surface area contributed by atoms with E-state index in [0.717, 1.165) is 19.3 Å². The van der Waals surface area contributed by atoms with E-state index in [1.54, 1.807) is 7.11 Å². The van der Waals surface area contributed by atoms with Crippen LogP contribution in [-0.2, 0) is 23.9 Å². The maximum absolute atomic E-state index is 12.8. The third kappa shape index (κ3) is 4.81. The van der Waals surface area contributed by atoms with E-state index in [1.807, 2.05) is 0 Å². The first-order valence-corrected chi connectivity index (χ1v) is 10.2. The van der Waals surface area contributed by atoms with Crippen LogP contribution in [0, 0.1) is 23.2 Å². The summed E-state index contributed by atoms with van der Waals surface area (Å²) in [5.41, 5.74) is -0.201. The van der Waals surface area contributed by atoms with Gasteiger partial charge in [0, 0.05) is 25.6 Å². The first-order chi connectivity index (χ1) is 12.9. The molecule has 27 heavy (non-hydrogen) atoms. The summed E-state index contributed by atoms with van der Waals surface area (Å²) >= 11 is 0. The molecule has 0 radical (unpaired) electrons. The summed E-state index contributed by atoms with van der Waals surface area (Å²) in [4.78, 5) is 36.5. The van der Waals surface area contributed by atoms with Gasteiger partial charge in [0.05, 0.1) is 13.0 Å². The van der Waals surface area contributed by atoms with Gasteiger partial charge in [-0.2, -0.15) is 0 Å². The predicted octanol–water partition coefficient (Wildman–Crippen LogP) is 1.40. The number of carbonyl (C=O) groups is 3. The van der Waals surface area contributed by atoms with Gasteiger partial charge in [-0.1, -0.05) is 0 Å². The minimum absolute atomic E-state index is 0.0772. The van der Waals surface area contributed by atoms with Gasteiger partial charge in [0.25, 0.3) is 5.91 Å². The minimum Gasteiger partial charge on any atom is -0.452 e. The highest BCUT2D eigenvalue weighted by molar-refractivity contribution is 5.85. The lowest BCUT2D eigenvalue weighted by molar-refractivity contribution is -0.155. The van der Waals surface area contributed by atoms with Gasteiger partial charge in [0.2, 0.25) is 5.91 Å². The number of rotatable bonds is 9. The number of nitrogens with one attached hydrogen (secondary N) is 2. The van der Waals surface area contributed by atoms with Gasteiger partial charge in [-0.25, -0.2) is 0 Å². The molecule has 2 amide bonds. The maximum Gasteiger partial charge on any atom is 0.308 e. The van der Waals surface area contributed by atoms with Gasteiger partial charge in [0.1, 0.15) is 0 Å². The van der Waals surface area contributed by atoms with Crippen molar-refractivity contribution >= 4 is 17.8 Å². The van der Waals surface area contributed by atoms with Crippen LogP contribution >= 0.6 is 0 Å². The smallest absolute Gasteiger partial charge is 0.308 e. The van der Waals surface area contributed by atoms with E-state index in [1.165, 1.54) is 26.2 Å². The molecular formula is C20H32N2O5. The van der Waals surface area contributed by atoms with Gasteiger partial charge >= 0.3 is 5.97 Å². The highest BCUT2D eigenvalue weighted by Gasteiger charge is 2.54. The van der Waals surface area contributed by atoms with Gasteiger partial charge in [-0.05, 0) is 63.2 Å². The van der Waals surface area contributed by atoms with E-state index >= 15 is 0 Å². The SMILES string of the molecule is COCCNC(=O)[C@@H](C)OC(=O)CCNC(=O)C12CC3CC(CC(C3)C1)C2. The van der Waals surface area contributed by atoms with Crippen LogP contribution in [-0.4, -0.2) is 50.7 Å². The maximum atomic E-state index is 12.8. The van der Waals surface area contributed by atoms with E-state index < -0.39 is 12.1 Å². The summed E-state index contributed by atoms with van der Waals surface area (Å²) in [5.74, 6) is 1.42. The van der Waals surface area contributed by atoms with Crippen molar-refractivity contribution < 1.29 is 23.9 Å². The van der Waals surface area contributed by atoms with Crippen molar-refractivity contribution in [2.24, 2.45) is 23.2 Å². The number of methoxy groups -OCH3 is 1. The fourth-order valence-corrected chi connectivity index (χ4v) is 5.58. The van der Waals surface area contributed by atoms with Crippen LogP contribution < -0.4 is 10.6 Å². The van der Waals surface area contributed by atoms with Crippen molar-refractivity contribution in [3.05, 3.63) is 0 Å². The fraction of sp³-hybridized carbons (Fsp3) is 0.850. The van der Waals surface area contributed by atoms with E-state index in [-0.39, 0.29) is 30.2 Å². The second kappa shape index (κ2) is 8.59. The van der Waals surface area contributed by atoms with Gasteiger partial charge in [0.15, 0.2) is 6.10 Å². The molecule has 4 aliphatic rings. The standard InChI is InChI=1S/C20H32N2O5/c1-13(18(24)21-5-6-26-2)27-17(23)3-4-22-19(25)20-10-14-7-15(11-20)9-16(8-14)12-20/h13-16H,3-12H2,1-2H3,(H,21,24)(H,22,25)/t13-,14?,15?,16?,20?/m1/s1. The Balaban J connectivity index is 1.37. The Bertz CT molecular complexity index is 541. The Kier molecular flexibility index (Phi) is 6.40. The molecule has 0 aliphatic heterocycles. The van der Waals surface area contributed by atoms with Crippen LogP contribution in [0.25, 0.3) is 0 Å². The molecular weight excluding hydrogens is 348 g/mol. The summed E-state index contributed by atoms with van der Waals surface area (Å²) in [6.07, 6.45) is 6.13. The Morgan fingerprint density at radius 2 is 1.59 bits per heavy atom. The van der Waals surface area contributed by atoms with E-state index in [4.69, 9.17) is 9.47 Å². The molecule has 0 spiro atoms. The Hall–Kier alpha value is -1.63. The molecule has 7 heteroatoms.